The van der Waals surface area contributed by atoms with Crippen LogP contribution >= 0.6 is 0 Å². The molecule has 3 aromatic heterocycles. The maximum absolute atomic E-state index is 14.6. The second-order valence-corrected chi connectivity index (χ2v) is 9.94. The van der Waals surface area contributed by atoms with Crippen LogP contribution in [0.3, 0.4) is 0 Å². The molecule has 194 valence electrons. The molecule has 0 amide bonds. The molecule has 3 heterocycles. The maximum atomic E-state index is 14.6. The summed E-state index contributed by atoms with van der Waals surface area (Å²) in [5.41, 5.74) is 6.08. The molecule has 1 N–H and O–H groups in total. The number of hydrogen-bond acceptors (Lipinski definition) is 5. The number of hydrogen-bond donors (Lipinski definition) is 1. The van der Waals surface area contributed by atoms with Gasteiger partial charge in [0.05, 0.1) is 28.3 Å². The smallest absolute Gasteiger partial charge is 0.196 e. The highest BCUT2D eigenvalue weighted by molar-refractivity contribution is 5.87. The zero-order valence-electron chi connectivity index (χ0n) is 22.1. The van der Waals surface area contributed by atoms with Crippen molar-refractivity contribution in [3.05, 3.63) is 112 Å². The summed E-state index contributed by atoms with van der Waals surface area (Å²) in [7, 11) is 1.88. The number of nitrogens with one attached hydrogen (secondary N) is 1. The minimum absolute atomic E-state index is 0.0666. The molecular formula is C32H27FN4O2. The molecule has 0 aliphatic rings. The van der Waals surface area contributed by atoms with Gasteiger partial charge in [0.25, 0.3) is 0 Å². The Morgan fingerprint density at radius 3 is 2.67 bits per heavy atom. The van der Waals surface area contributed by atoms with E-state index in [4.69, 9.17) is 4.42 Å². The van der Waals surface area contributed by atoms with E-state index in [1.807, 2.05) is 69.6 Å². The summed E-state index contributed by atoms with van der Waals surface area (Å²) in [5, 5.41) is 9.43. The van der Waals surface area contributed by atoms with Gasteiger partial charge in [-0.2, -0.15) is 5.10 Å². The Labute approximate surface area is 224 Å². The summed E-state index contributed by atoms with van der Waals surface area (Å²) in [4.78, 5) is 18.1. The Hall–Kier alpha value is -4.78. The Kier molecular flexibility index (Phi) is 5.99. The van der Waals surface area contributed by atoms with E-state index in [1.54, 1.807) is 36.0 Å². The van der Waals surface area contributed by atoms with E-state index in [0.717, 1.165) is 27.6 Å². The summed E-state index contributed by atoms with van der Waals surface area (Å²) in [6, 6.07) is 19.7. The average molecular weight is 519 g/mol. The third-order valence-electron chi connectivity index (χ3n) is 7.05. The normalized spacial score (nSPS) is 12.2. The number of fused-ring (bicyclic) bond motifs is 2. The van der Waals surface area contributed by atoms with Crippen molar-refractivity contribution in [3.8, 4) is 22.6 Å². The first-order chi connectivity index (χ1) is 18.8. The van der Waals surface area contributed by atoms with Gasteiger partial charge >= 0.3 is 0 Å². The van der Waals surface area contributed by atoms with Gasteiger partial charge in [0.15, 0.2) is 5.43 Å². The van der Waals surface area contributed by atoms with Gasteiger partial charge in [-0.25, -0.2) is 4.39 Å². The number of pyridine rings is 1. The van der Waals surface area contributed by atoms with Crippen molar-refractivity contribution in [2.75, 3.05) is 5.32 Å². The highest BCUT2D eigenvalue weighted by Crippen LogP contribution is 2.35. The number of halogens is 1. The van der Waals surface area contributed by atoms with Crippen LogP contribution in [0.25, 0.3) is 44.5 Å². The Balaban J connectivity index is 1.48. The maximum Gasteiger partial charge on any atom is 0.196 e. The third-order valence-corrected chi connectivity index (χ3v) is 7.05. The monoisotopic (exact) mass is 518 g/mol. The zero-order chi connectivity index (χ0) is 27.3. The van der Waals surface area contributed by atoms with E-state index in [-0.39, 0.29) is 17.3 Å². The van der Waals surface area contributed by atoms with Gasteiger partial charge in [-0.1, -0.05) is 18.2 Å². The van der Waals surface area contributed by atoms with Gasteiger partial charge in [0.1, 0.15) is 17.2 Å². The first-order valence-electron chi connectivity index (χ1n) is 12.8. The Bertz CT molecular complexity index is 1940. The number of nitrogens with zero attached hydrogens (tertiary/aromatic N) is 3. The van der Waals surface area contributed by atoms with E-state index in [1.165, 1.54) is 6.07 Å². The first kappa shape index (κ1) is 24.6. The summed E-state index contributed by atoms with van der Waals surface area (Å²) < 4.78 is 23.0. The first-order valence-corrected chi connectivity index (χ1v) is 12.8. The van der Waals surface area contributed by atoms with E-state index < -0.39 is 0 Å². The molecule has 0 radical (unpaired) electrons. The summed E-state index contributed by atoms with van der Waals surface area (Å²) in [6.07, 6.45) is 3.59. The fourth-order valence-corrected chi connectivity index (χ4v) is 5.16. The molecule has 0 fully saturated rings. The lowest BCUT2D eigenvalue weighted by molar-refractivity contribution is 0.605. The Morgan fingerprint density at radius 1 is 1.03 bits per heavy atom. The zero-order valence-corrected chi connectivity index (χ0v) is 22.1. The highest BCUT2D eigenvalue weighted by Gasteiger charge is 2.21. The second kappa shape index (κ2) is 9.51. The SMILES string of the molecule is Cc1cc(C(C)Nc2cccnc2-c2ccccc2F)c2oc(-c3ccc4nn(C)cc4c3)c(C)c(=O)c2c1. The summed E-state index contributed by atoms with van der Waals surface area (Å²) in [5.74, 6) is 0.189. The predicted octanol–water partition coefficient (Wildman–Crippen LogP) is 7.34. The number of aryl methyl sites for hydroxylation is 2. The molecular weight excluding hydrogens is 491 g/mol. The molecule has 0 bridgehead atoms. The van der Waals surface area contributed by atoms with Crippen molar-refractivity contribution >= 4 is 27.6 Å². The molecule has 1 unspecified atom stereocenters. The molecule has 0 spiro atoms. The van der Waals surface area contributed by atoms with Crippen molar-refractivity contribution in [1.82, 2.24) is 14.8 Å². The Morgan fingerprint density at radius 2 is 1.85 bits per heavy atom. The molecule has 39 heavy (non-hydrogen) atoms. The molecule has 6 nitrogen and oxygen atoms in total. The van der Waals surface area contributed by atoms with Gasteiger partial charge in [-0.3, -0.25) is 14.5 Å². The van der Waals surface area contributed by atoms with Gasteiger partial charge < -0.3 is 9.73 Å². The van der Waals surface area contributed by atoms with Crippen LogP contribution in [0.2, 0.25) is 0 Å². The van der Waals surface area contributed by atoms with E-state index in [2.05, 4.69) is 15.4 Å². The van der Waals surface area contributed by atoms with Gasteiger partial charge in [-0.05, 0) is 74.9 Å². The molecule has 6 rings (SSSR count). The fraction of sp³-hybridized carbons (Fsp3) is 0.156. The van der Waals surface area contributed by atoms with Gasteiger partial charge in [-0.15, -0.1) is 0 Å². The van der Waals surface area contributed by atoms with Crippen LogP contribution < -0.4 is 10.7 Å². The minimum atomic E-state index is -0.343. The van der Waals surface area contributed by atoms with Crippen molar-refractivity contribution in [2.45, 2.75) is 26.8 Å². The van der Waals surface area contributed by atoms with Crippen molar-refractivity contribution in [3.63, 3.8) is 0 Å². The molecule has 1 atom stereocenters. The second-order valence-electron chi connectivity index (χ2n) is 9.94. The minimum Gasteiger partial charge on any atom is -0.455 e. The standard InChI is InChI=1S/C32H27FN4O2/c1-18-14-24(20(3)35-28-10-7-13-34-29(28)23-8-5-6-9-26(23)33)32-25(15-18)30(38)19(2)31(39-32)21-11-12-27-22(16-21)17-37(4)36-27/h5-17,20,35H,1-4H3. The van der Waals surface area contributed by atoms with E-state index in [9.17, 15) is 9.18 Å². The van der Waals surface area contributed by atoms with Crippen LogP contribution in [-0.4, -0.2) is 14.8 Å². The average Bonchev–Trinajstić information content (AvgIpc) is 3.30. The van der Waals surface area contributed by atoms with Crippen LogP contribution in [0.15, 0.2) is 88.3 Å². The molecule has 7 heteroatoms. The van der Waals surface area contributed by atoms with Crippen LogP contribution in [0.4, 0.5) is 10.1 Å². The number of rotatable bonds is 5. The highest BCUT2D eigenvalue weighted by atomic mass is 19.1. The number of aromatic nitrogens is 3. The predicted molar refractivity (Wildman–Crippen MR) is 153 cm³/mol. The molecule has 6 aromatic rings. The summed E-state index contributed by atoms with van der Waals surface area (Å²) >= 11 is 0. The number of anilines is 1. The van der Waals surface area contributed by atoms with Crippen molar-refractivity contribution in [1.29, 1.82) is 0 Å². The van der Waals surface area contributed by atoms with Crippen LogP contribution in [0.5, 0.6) is 0 Å². The van der Waals surface area contributed by atoms with Crippen LogP contribution in [-0.2, 0) is 7.05 Å². The van der Waals surface area contributed by atoms with Gasteiger partial charge in [0.2, 0.25) is 0 Å². The largest absolute Gasteiger partial charge is 0.455 e. The lowest BCUT2D eigenvalue weighted by Gasteiger charge is -2.20. The molecule has 0 aliphatic heterocycles. The van der Waals surface area contributed by atoms with Gasteiger partial charge in [0, 0.05) is 47.1 Å². The molecule has 3 aromatic carbocycles. The third kappa shape index (κ3) is 4.36. The van der Waals surface area contributed by atoms with Crippen molar-refractivity contribution in [2.24, 2.45) is 7.05 Å². The molecule has 0 saturated heterocycles. The number of benzene rings is 3. The lowest BCUT2D eigenvalue weighted by atomic mass is 9.98. The lowest BCUT2D eigenvalue weighted by Crippen LogP contribution is -2.13. The quantitative estimate of drug-likeness (QED) is 0.259. The van der Waals surface area contributed by atoms with Crippen LogP contribution in [0, 0.1) is 19.7 Å². The molecule has 0 aliphatic carbocycles. The topological polar surface area (TPSA) is 73.0 Å². The van der Waals surface area contributed by atoms with E-state index >= 15 is 0 Å². The summed E-state index contributed by atoms with van der Waals surface area (Å²) in [6.45, 7) is 5.76. The van der Waals surface area contributed by atoms with Crippen LogP contribution in [0.1, 0.15) is 29.7 Å². The molecule has 0 saturated carbocycles. The van der Waals surface area contributed by atoms with E-state index in [0.29, 0.717) is 39.2 Å². The van der Waals surface area contributed by atoms with Crippen molar-refractivity contribution < 1.29 is 8.81 Å². The fourth-order valence-electron chi connectivity index (χ4n) is 5.16.